The van der Waals surface area contributed by atoms with Crippen LogP contribution in [-0.4, -0.2) is 17.3 Å². The third-order valence-electron chi connectivity index (χ3n) is 1.38. The molecule has 0 aromatic carbocycles. The van der Waals surface area contributed by atoms with Gasteiger partial charge in [0, 0.05) is 11.6 Å². The number of carbonyl (C=O) groups excluding carboxylic acids is 1. The smallest absolute Gasteiger partial charge is 0.315 e. The Kier molecular flexibility index (Phi) is 3.30. The molecule has 3 nitrogen and oxygen atoms in total. The van der Waals surface area contributed by atoms with Gasteiger partial charge in [-0.3, -0.25) is 4.79 Å². The van der Waals surface area contributed by atoms with Crippen LogP contribution in [0.5, 0.6) is 0 Å². The van der Waals surface area contributed by atoms with Crippen LogP contribution in [0.3, 0.4) is 0 Å². The summed E-state index contributed by atoms with van der Waals surface area (Å²) < 4.78 is 23.6. The zero-order chi connectivity index (χ0) is 9.84. The average Bonchev–Trinajstić information content (AvgIpc) is 2.55. The zero-order valence-corrected chi connectivity index (χ0v) is 7.65. The average molecular weight is 206 g/mol. The number of halogens is 2. The second-order valence-corrected chi connectivity index (χ2v) is 3.33. The lowest BCUT2D eigenvalue weighted by atomic mass is 10.3. The monoisotopic (exact) mass is 206 g/mol. The van der Waals surface area contributed by atoms with Crippen LogP contribution in [-0.2, 0) is 4.79 Å². The Labute approximate surface area is 77.8 Å². The van der Waals surface area contributed by atoms with E-state index in [-0.39, 0.29) is 0 Å². The standard InChI is InChI=1S/C7H8F2N2OS/c1-4(7-10-2-3-13-7)11-6(12)5(8)9/h2-5H,1H3,(H,11,12). The highest BCUT2D eigenvalue weighted by Crippen LogP contribution is 2.14. The fourth-order valence-corrected chi connectivity index (χ4v) is 1.43. The Hall–Kier alpha value is -1.04. The molecule has 0 fully saturated rings. The molecule has 1 aromatic heterocycles. The van der Waals surface area contributed by atoms with Crippen molar-refractivity contribution >= 4 is 17.2 Å². The summed E-state index contributed by atoms with van der Waals surface area (Å²) in [6.45, 7) is 1.61. The number of aromatic nitrogens is 1. The molecular weight excluding hydrogens is 198 g/mol. The number of rotatable bonds is 3. The number of hydrogen-bond donors (Lipinski definition) is 1. The van der Waals surface area contributed by atoms with Gasteiger partial charge in [0.15, 0.2) is 0 Å². The van der Waals surface area contributed by atoms with Crippen LogP contribution in [0.4, 0.5) is 8.78 Å². The van der Waals surface area contributed by atoms with Crippen molar-refractivity contribution in [2.75, 3.05) is 0 Å². The summed E-state index contributed by atoms with van der Waals surface area (Å²) >= 11 is 1.31. The second-order valence-electron chi connectivity index (χ2n) is 2.40. The van der Waals surface area contributed by atoms with Gasteiger partial charge >= 0.3 is 6.43 Å². The van der Waals surface area contributed by atoms with Crippen LogP contribution in [0.15, 0.2) is 11.6 Å². The number of hydrogen-bond acceptors (Lipinski definition) is 3. The molecule has 1 N–H and O–H groups in total. The number of nitrogens with one attached hydrogen (secondary N) is 1. The van der Waals surface area contributed by atoms with Gasteiger partial charge in [0.05, 0.1) is 6.04 Å². The maximum atomic E-state index is 11.8. The Balaban J connectivity index is 2.51. The first-order valence-electron chi connectivity index (χ1n) is 3.59. The van der Waals surface area contributed by atoms with E-state index in [0.29, 0.717) is 5.01 Å². The highest BCUT2D eigenvalue weighted by Gasteiger charge is 2.18. The zero-order valence-electron chi connectivity index (χ0n) is 6.83. The van der Waals surface area contributed by atoms with Crippen molar-refractivity contribution in [2.24, 2.45) is 0 Å². The maximum absolute atomic E-state index is 11.8. The van der Waals surface area contributed by atoms with Gasteiger partial charge < -0.3 is 5.32 Å². The van der Waals surface area contributed by atoms with E-state index in [0.717, 1.165) is 0 Å². The van der Waals surface area contributed by atoms with Gasteiger partial charge in [0.1, 0.15) is 5.01 Å². The quantitative estimate of drug-likeness (QED) is 0.815. The lowest BCUT2D eigenvalue weighted by molar-refractivity contribution is -0.132. The van der Waals surface area contributed by atoms with Crippen LogP contribution < -0.4 is 5.32 Å². The first-order valence-corrected chi connectivity index (χ1v) is 4.47. The summed E-state index contributed by atoms with van der Waals surface area (Å²) in [4.78, 5) is 14.5. The van der Waals surface area contributed by atoms with E-state index in [2.05, 4.69) is 10.3 Å². The van der Waals surface area contributed by atoms with E-state index in [1.165, 1.54) is 11.3 Å². The SMILES string of the molecule is CC(NC(=O)C(F)F)c1nccs1. The van der Waals surface area contributed by atoms with Crippen LogP contribution in [0.25, 0.3) is 0 Å². The molecule has 0 spiro atoms. The first kappa shape index (κ1) is 10.0. The molecule has 1 rings (SSSR count). The Morgan fingerprint density at radius 3 is 2.85 bits per heavy atom. The van der Waals surface area contributed by atoms with E-state index in [1.807, 2.05) is 0 Å². The fourth-order valence-electron chi connectivity index (χ4n) is 0.786. The molecule has 0 aliphatic rings. The number of thiazole rings is 1. The van der Waals surface area contributed by atoms with Crippen molar-refractivity contribution < 1.29 is 13.6 Å². The lowest BCUT2D eigenvalue weighted by Gasteiger charge is -2.09. The number of amides is 1. The predicted octanol–water partition coefficient (Wildman–Crippen LogP) is 1.59. The topological polar surface area (TPSA) is 42.0 Å². The molecule has 0 radical (unpaired) electrons. The van der Waals surface area contributed by atoms with Gasteiger partial charge in [-0.2, -0.15) is 8.78 Å². The minimum Gasteiger partial charge on any atom is -0.342 e. The van der Waals surface area contributed by atoms with Gasteiger partial charge in [0.25, 0.3) is 5.91 Å². The third kappa shape index (κ3) is 2.73. The third-order valence-corrected chi connectivity index (χ3v) is 2.34. The number of nitrogens with zero attached hydrogens (tertiary/aromatic N) is 1. The van der Waals surface area contributed by atoms with Crippen molar-refractivity contribution in [3.05, 3.63) is 16.6 Å². The summed E-state index contributed by atoms with van der Waals surface area (Å²) in [5.74, 6) is -1.26. The molecule has 0 saturated heterocycles. The number of alkyl halides is 2. The molecule has 72 valence electrons. The molecule has 1 amide bonds. The number of carbonyl (C=O) groups is 1. The first-order chi connectivity index (χ1) is 6.11. The molecule has 13 heavy (non-hydrogen) atoms. The van der Waals surface area contributed by atoms with Crippen molar-refractivity contribution in [1.82, 2.24) is 10.3 Å². The highest BCUT2D eigenvalue weighted by atomic mass is 32.1. The molecule has 0 saturated carbocycles. The van der Waals surface area contributed by atoms with Gasteiger partial charge in [-0.1, -0.05) is 0 Å². The normalized spacial score (nSPS) is 12.9. The van der Waals surface area contributed by atoms with Crippen molar-refractivity contribution in [3.8, 4) is 0 Å². The Bertz CT molecular complexity index is 276. The summed E-state index contributed by atoms with van der Waals surface area (Å²) in [6.07, 6.45) is -1.41. The van der Waals surface area contributed by atoms with Gasteiger partial charge in [-0.15, -0.1) is 11.3 Å². The molecule has 1 aromatic rings. The Morgan fingerprint density at radius 1 is 1.69 bits per heavy atom. The maximum Gasteiger partial charge on any atom is 0.315 e. The molecule has 6 heteroatoms. The minimum atomic E-state index is -2.97. The van der Waals surface area contributed by atoms with Crippen LogP contribution in [0.2, 0.25) is 0 Å². The van der Waals surface area contributed by atoms with E-state index in [4.69, 9.17) is 0 Å². The van der Waals surface area contributed by atoms with Crippen molar-refractivity contribution in [3.63, 3.8) is 0 Å². The fraction of sp³-hybridized carbons (Fsp3) is 0.429. The van der Waals surface area contributed by atoms with E-state index < -0.39 is 18.4 Å². The summed E-state index contributed by atoms with van der Waals surface area (Å²) in [6, 6.07) is -0.457. The van der Waals surface area contributed by atoms with Crippen LogP contribution in [0.1, 0.15) is 18.0 Å². The predicted molar refractivity (Wildman–Crippen MR) is 44.7 cm³/mol. The lowest BCUT2D eigenvalue weighted by Crippen LogP contribution is -2.31. The highest BCUT2D eigenvalue weighted by molar-refractivity contribution is 7.09. The largest absolute Gasteiger partial charge is 0.342 e. The molecule has 0 bridgehead atoms. The van der Waals surface area contributed by atoms with Crippen molar-refractivity contribution in [1.29, 1.82) is 0 Å². The summed E-state index contributed by atoms with van der Waals surface area (Å²) in [5.41, 5.74) is 0. The summed E-state index contributed by atoms with van der Waals surface area (Å²) in [5, 5.41) is 4.48. The molecule has 0 aliphatic carbocycles. The van der Waals surface area contributed by atoms with Crippen molar-refractivity contribution in [2.45, 2.75) is 19.4 Å². The van der Waals surface area contributed by atoms with E-state index in [1.54, 1.807) is 18.5 Å². The summed E-state index contributed by atoms with van der Waals surface area (Å²) in [7, 11) is 0. The van der Waals surface area contributed by atoms with Crippen LogP contribution >= 0.6 is 11.3 Å². The Morgan fingerprint density at radius 2 is 2.38 bits per heavy atom. The molecule has 0 aliphatic heterocycles. The molecule has 1 atom stereocenters. The minimum absolute atomic E-state index is 0.457. The second kappa shape index (κ2) is 4.27. The molecular formula is C7H8F2N2OS. The molecule has 1 unspecified atom stereocenters. The molecule has 1 heterocycles. The van der Waals surface area contributed by atoms with Gasteiger partial charge in [0.2, 0.25) is 0 Å². The van der Waals surface area contributed by atoms with E-state index >= 15 is 0 Å². The van der Waals surface area contributed by atoms with E-state index in [9.17, 15) is 13.6 Å². The van der Waals surface area contributed by atoms with Gasteiger partial charge in [-0.05, 0) is 6.92 Å². The van der Waals surface area contributed by atoms with Crippen LogP contribution in [0, 0.1) is 0 Å². The van der Waals surface area contributed by atoms with Gasteiger partial charge in [-0.25, -0.2) is 4.98 Å².